The van der Waals surface area contributed by atoms with E-state index in [9.17, 15) is 9.59 Å². The van der Waals surface area contributed by atoms with E-state index < -0.39 is 0 Å². The zero-order valence-electron chi connectivity index (χ0n) is 21.1. The van der Waals surface area contributed by atoms with Crippen molar-refractivity contribution >= 4 is 24.4 Å². The van der Waals surface area contributed by atoms with E-state index in [2.05, 4.69) is 45.5 Å². The summed E-state index contributed by atoms with van der Waals surface area (Å²) in [5.41, 5.74) is 4.01. The largest absolute Gasteiger partial charge is 0.354 e. The molecule has 36 heavy (non-hydrogen) atoms. The molecule has 3 rings (SSSR count). The van der Waals surface area contributed by atoms with Gasteiger partial charge >= 0.3 is 0 Å². The predicted molar refractivity (Wildman–Crippen MR) is 145 cm³/mol. The molecule has 2 amide bonds. The molecule has 192 valence electrons. The normalized spacial score (nSPS) is 11.8. The highest BCUT2D eigenvalue weighted by Crippen LogP contribution is 2.29. The van der Waals surface area contributed by atoms with E-state index >= 15 is 0 Å². The van der Waals surface area contributed by atoms with Gasteiger partial charge in [0.05, 0.1) is 0 Å². The molecule has 2 N–H and O–H groups in total. The van der Waals surface area contributed by atoms with Crippen molar-refractivity contribution in [2.45, 2.75) is 52.5 Å². The summed E-state index contributed by atoms with van der Waals surface area (Å²) in [5.74, 6) is 1.17. The summed E-state index contributed by atoms with van der Waals surface area (Å²) in [7, 11) is 0. The van der Waals surface area contributed by atoms with E-state index in [4.69, 9.17) is 0 Å². The molecule has 0 saturated heterocycles. The molecule has 0 saturated carbocycles. The Morgan fingerprint density at radius 3 is 2.44 bits per heavy atom. The number of hydrogen-bond donors (Lipinski definition) is 3. The third kappa shape index (κ3) is 7.65. The van der Waals surface area contributed by atoms with E-state index in [1.54, 1.807) is 0 Å². The van der Waals surface area contributed by atoms with Crippen LogP contribution in [0.5, 0.6) is 0 Å². The number of nitrogens with zero attached hydrogens (tertiary/aromatic N) is 4. The van der Waals surface area contributed by atoms with Gasteiger partial charge in [0.25, 0.3) is 0 Å². The summed E-state index contributed by atoms with van der Waals surface area (Å²) in [4.78, 5) is 27.1. The molecule has 0 aliphatic carbocycles. The van der Waals surface area contributed by atoms with Crippen LogP contribution in [0.4, 0.5) is 0 Å². The molecule has 9 heteroatoms. The van der Waals surface area contributed by atoms with Crippen molar-refractivity contribution in [3.8, 4) is 22.5 Å². The van der Waals surface area contributed by atoms with Gasteiger partial charge < -0.3 is 10.2 Å². The fourth-order valence-electron chi connectivity index (χ4n) is 4.10. The molecular weight excluding hydrogens is 472 g/mol. The smallest absolute Gasteiger partial charge is 0.223 e. The van der Waals surface area contributed by atoms with E-state index in [-0.39, 0.29) is 17.7 Å². The monoisotopic (exact) mass is 508 g/mol. The molecule has 1 unspecified atom stereocenters. The van der Waals surface area contributed by atoms with Crippen molar-refractivity contribution in [3.63, 3.8) is 0 Å². The molecule has 0 aliphatic heterocycles. The molecule has 0 fully saturated rings. The van der Waals surface area contributed by atoms with E-state index in [0.29, 0.717) is 37.6 Å². The van der Waals surface area contributed by atoms with Crippen LogP contribution in [0.25, 0.3) is 22.5 Å². The first kappa shape index (κ1) is 27.4. The number of aromatic amines is 1. The Hall–Kier alpha value is -3.20. The quantitative estimate of drug-likeness (QED) is 0.278. The summed E-state index contributed by atoms with van der Waals surface area (Å²) in [5, 5.41) is 17.2. The van der Waals surface area contributed by atoms with E-state index in [1.807, 2.05) is 60.4 Å². The number of nitrogens with one attached hydrogen (secondary N) is 2. The average Bonchev–Trinajstić information content (AvgIpc) is 3.44. The molecule has 8 nitrogen and oxygen atoms in total. The Morgan fingerprint density at radius 1 is 1.06 bits per heavy atom. The minimum atomic E-state index is -0.0868. The number of rotatable bonds is 14. The number of benzene rings is 2. The number of thiol groups is 1. The van der Waals surface area contributed by atoms with Crippen molar-refractivity contribution in [3.05, 3.63) is 54.1 Å². The second-order valence-corrected chi connectivity index (χ2v) is 9.24. The maximum absolute atomic E-state index is 12.8. The van der Waals surface area contributed by atoms with E-state index in [1.165, 1.54) is 0 Å². The molecular formula is C27H36N6O2S. The summed E-state index contributed by atoms with van der Waals surface area (Å²) >= 11 is 4.34. The molecule has 3 aromatic rings. The molecule has 1 heterocycles. The van der Waals surface area contributed by atoms with Gasteiger partial charge in [-0.3, -0.25) is 9.59 Å². The number of unbranched alkanes of at least 4 members (excludes halogenated alkanes) is 1. The minimum Gasteiger partial charge on any atom is -0.354 e. The van der Waals surface area contributed by atoms with Crippen molar-refractivity contribution < 1.29 is 9.59 Å². The lowest BCUT2D eigenvalue weighted by atomic mass is 9.98. The van der Waals surface area contributed by atoms with Gasteiger partial charge in [0.2, 0.25) is 11.8 Å². The van der Waals surface area contributed by atoms with Crippen molar-refractivity contribution in [2.24, 2.45) is 5.92 Å². The number of hydrogen-bond acceptors (Lipinski definition) is 6. The Labute approximate surface area is 218 Å². The van der Waals surface area contributed by atoms with Gasteiger partial charge in [0.1, 0.15) is 0 Å². The fourth-order valence-corrected chi connectivity index (χ4v) is 4.45. The van der Waals surface area contributed by atoms with Gasteiger partial charge in [-0.25, -0.2) is 5.10 Å². The summed E-state index contributed by atoms with van der Waals surface area (Å²) in [6, 6.07) is 16.1. The summed E-state index contributed by atoms with van der Waals surface area (Å²) in [6.07, 6.45) is 4.17. The number of carbonyl (C=O) groups excluding carboxylic acids is 2. The number of amides is 2. The molecule has 0 bridgehead atoms. The van der Waals surface area contributed by atoms with Crippen LogP contribution in [0.1, 0.15) is 51.5 Å². The Balaban J connectivity index is 1.66. The van der Waals surface area contributed by atoms with Crippen LogP contribution in [0.15, 0.2) is 48.5 Å². The van der Waals surface area contributed by atoms with Crippen LogP contribution in [-0.2, 0) is 16.1 Å². The molecule has 2 aromatic carbocycles. The summed E-state index contributed by atoms with van der Waals surface area (Å²) < 4.78 is 0. The van der Waals surface area contributed by atoms with Gasteiger partial charge in [0.15, 0.2) is 5.82 Å². The van der Waals surface area contributed by atoms with Crippen LogP contribution in [0.3, 0.4) is 0 Å². The second-order valence-electron chi connectivity index (χ2n) is 8.87. The molecule has 1 aromatic heterocycles. The summed E-state index contributed by atoms with van der Waals surface area (Å²) in [6.45, 7) is 5.51. The lowest BCUT2D eigenvalue weighted by Gasteiger charge is -2.24. The van der Waals surface area contributed by atoms with Crippen LogP contribution in [0.2, 0.25) is 0 Å². The highest BCUT2D eigenvalue weighted by molar-refractivity contribution is 7.80. The number of aromatic nitrogens is 4. The predicted octanol–water partition coefficient (Wildman–Crippen LogP) is 4.51. The third-order valence-corrected chi connectivity index (χ3v) is 6.60. The zero-order chi connectivity index (χ0) is 25.8. The fraction of sp³-hybridized carbons (Fsp3) is 0.444. The van der Waals surface area contributed by atoms with Crippen molar-refractivity contribution in [1.82, 2.24) is 30.8 Å². The maximum Gasteiger partial charge on any atom is 0.223 e. The van der Waals surface area contributed by atoms with Gasteiger partial charge in [-0.05, 0) is 40.0 Å². The number of H-pyrrole nitrogens is 1. The standard InChI is InChI=1S/C27H36N6O2S/c1-3-5-9-22(19-36)27(35)28-16-17-33(25(34)8-4-2)18-20-12-14-21(15-13-20)23-10-6-7-11-24(23)26-29-31-32-30-26/h6-7,10-15,22,36H,3-5,8-9,16-19H2,1-2H3,(H,28,35)(H,29,30,31,32). The lowest BCUT2D eigenvalue weighted by molar-refractivity contribution is -0.132. The molecule has 0 radical (unpaired) electrons. The molecule has 0 aliphatic rings. The van der Waals surface area contributed by atoms with Crippen molar-refractivity contribution in [1.29, 1.82) is 0 Å². The van der Waals surface area contributed by atoms with Crippen LogP contribution < -0.4 is 5.32 Å². The average molecular weight is 509 g/mol. The topological polar surface area (TPSA) is 104 Å². The first-order chi connectivity index (χ1) is 17.6. The van der Waals surface area contributed by atoms with Gasteiger partial charge in [-0.15, -0.1) is 5.10 Å². The Bertz CT molecular complexity index is 1090. The SMILES string of the molecule is CCCCC(CS)C(=O)NCCN(Cc1ccc(-c2ccccc2-c2nnn[nH]2)cc1)C(=O)CCC. The van der Waals surface area contributed by atoms with Crippen LogP contribution in [-0.4, -0.2) is 56.2 Å². The van der Waals surface area contributed by atoms with Crippen molar-refractivity contribution in [2.75, 3.05) is 18.8 Å². The van der Waals surface area contributed by atoms with Gasteiger partial charge in [-0.2, -0.15) is 12.6 Å². The maximum atomic E-state index is 12.8. The lowest BCUT2D eigenvalue weighted by Crippen LogP contribution is -2.40. The Kier molecular flexibility index (Phi) is 10.9. The number of carbonyl (C=O) groups is 2. The highest BCUT2D eigenvalue weighted by Gasteiger charge is 2.18. The molecule has 0 spiro atoms. The highest BCUT2D eigenvalue weighted by atomic mass is 32.1. The zero-order valence-corrected chi connectivity index (χ0v) is 22.0. The van der Waals surface area contributed by atoms with Gasteiger partial charge in [-0.1, -0.05) is 75.2 Å². The van der Waals surface area contributed by atoms with Gasteiger partial charge in [0, 0.05) is 43.3 Å². The minimum absolute atomic E-state index is 0.0197. The van der Waals surface area contributed by atoms with E-state index in [0.717, 1.165) is 47.9 Å². The Morgan fingerprint density at radius 2 is 1.81 bits per heavy atom. The third-order valence-electron chi connectivity index (χ3n) is 6.16. The first-order valence-corrected chi connectivity index (χ1v) is 13.3. The van der Waals surface area contributed by atoms with Crippen LogP contribution in [0, 0.1) is 5.92 Å². The number of tetrazole rings is 1. The molecule has 1 atom stereocenters. The second kappa shape index (κ2) is 14.4. The van der Waals surface area contributed by atoms with Crippen LogP contribution >= 0.6 is 12.6 Å². The first-order valence-electron chi connectivity index (χ1n) is 12.7.